The van der Waals surface area contributed by atoms with Crippen molar-refractivity contribution in [1.29, 1.82) is 0 Å². The third-order valence-electron chi connectivity index (χ3n) is 6.54. The summed E-state index contributed by atoms with van der Waals surface area (Å²) in [6.45, 7) is 10.6. The minimum absolute atomic E-state index is 0. The summed E-state index contributed by atoms with van der Waals surface area (Å²) in [5, 5.41) is 0. The van der Waals surface area contributed by atoms with Gasteiger partial charge in [-0.05, 0) is 31.9 Å². The highest BCUT2D eigenvalue weighted by atomic mass is 19.0. The van der Waals surface area contributed by atoms with Gasteiger partial charge < -0.3 is 9.19 Å². The van der Waals surface area contributed by atoms with Crippen molar-refractivity contribution in [3.05, 3.63) is 108 Å². The lowest BCUT2D eigenvalue weighted by Gasteiger charge is -2.52. The van der Waals surface area contributed by atoms with Gasteiger partial charge in [0.15, 0.2) is 0 Å². The Labute approximate surface area is 176 Å². The molecule has 1 nitrogen and oxygen atoms in total. The molecular formula is C27H34FN. The van der Waals surface area contributed by atoms with Gasteiger partial charge in [-0.15, -0.1) is 0 Å². The Bertz CT molecular complexity index is 785. The smallest absolute Gasteiger partial charge is 0.105 e. The van der Waals surface area contributed by atoms with E-state index in [0.29, 0.717) is 0 Å². The van der Waals surface area contributed by atoms with Gasteiger partial charge in [0.05, 0.1) is 13.1 Å². The summed E-state index contributed by atoms with van der Waals surface area (Å²) in [7, 11) is 0. The van der Waals surface area contributed by atoms with E-state index in [1.54, 1.807) is 0 Å². The van der Waals surface area contributed by atoms with Crippen LogP contribution in [0, 0.1) is 0 Å². The Morgan fingerprint density at radius 3 is 1.28 bits per heavy atom. The van der Waals surface area contributed by atoms with Gasteiger partial charge in [-0.1, -0.05) is 91.0 Å². The first-order valence-electron chi connectivity index (χ1n) is 10.6. The first-order chi connectivity index (χ1) is 13.6. The van der Waals surface area contributed by atoms with Crippen LogP contribution in [0.25, 0.3) is 0 Å². The Balaban J connectivity index is 0.00000300. The number of rotatable bonds is 9. The van der Waals surface area contributed by atoms with E-state index in [9.17, 15) is 0 Å². The van der Waals surface area contributed by atoms with E-state index in [0.717, 1.165) is 37.0 Å². The molecule has 0 aliphatic heterocycles. The maximum Gasteiger partial charge on any atom is 0.105 e. The number of nitrogens with zero attached hydrogens (tertiary/aromatic N) is 1. The lowest BCUT2D eigenvalue weighted by molar-refractivity contribution is -0.983. The maximum absolute atomic E-state index is 2.50. The maximum atomic E-state index is 2.50. The van der Waals surface area contributed by atoms with Crippen molar-refractivity contribution < 1.29 is 9.19 Å². The molecule has 0 fully saturated rings. The number of likely N-dealkylation sites (N-methyl/N-ethyl adjacent to an activating group) is 1. The molecule has 0 amide bonds. The lowest BCUT2D eigenvalue weighted by atomic mass is 9.81. The Morgan fingerprint density at radius 1 is 0.586 bits per heavy atom. The Hall–Kier alpha value is -2.45. The highest BCUT2D eigenvalue weighted by Gasteiger charge is 2.45. The first-order valence-corrected chi connectivity index (χ1v) is 10.6. The van der Waals surface area contributed by atoms with Crippen LogP contribution in [0.2, 0.25) is 0 Å². The standard InChI is InChI=1S/C27H34N.FH/c1-4-28(5-2,23-26-19-13-8-14-20-26)27(3,21-24-15-9-6-10-16-24)22-25-17-11-7-12-18-25;/h6-20H,4-5,21-23H2,1-3H3;1H/q+1;/p-1. The van der Waals surface area contributed by atoms with Gasteiger partial charge in [-0.25, -0.2) is 0 Å². The molecule has 3 rings (SSSR count). The Kier molecular flexibility index (Phi) is 8.16. The molecule has 3 aromatic rings. The summed E-state index contributed by atoms with van der Waals surface area (Å²) in [6.07, 6.45) is 2.16. The van der Waals surface area contributed by atoms with Crippen LogP contribution in [0.4, 0.5) is 0 Å². The number of benzene rings is 3. The number of halogens is 1. The quantitative estimate of drug-likeness (QED) is 0.491. The second kappa shape index (κ2) is 10.4. The van der Waals surface area contributed by atoms with Crippen molar-refractivity contribution in [2.75, 3.05) is 13.1 Å². The van der Waals surface area contributed by atoms with Crippen molar-refractivity contribution in [3.8, 4) is 0 Å². The van der Waals surface area contributed by atoms with Crippen LogP contribution in [0.3, 0.4) is 0 Å². The zero-order chi connectivity index (χ0) is 19.9. The summed E-state index contributed by atoms with van der Waals surface area (Å²) in [6, 6.07) is 33.1. The molecule has 0 atom stereocenters. The van der Waals surface area contributed by atoms with Crippen LogP contribution in [0.15, 0.2) is 91.0 Å². The van der Waals surface area contributed by atoms with E-state index in [2.05, 4.69) is 112 Å². The van der Waals surface area contributed by atoms with Crippen molar-refractivity contribution in [3.63, 3.8) is 0 Å². The minimum atomic E-state index is 0. The largest absolute Gasteiger partial charge is 1.00 e. The van der Waals surface area contributed by atoms with Gasteiger partial charge in [-0.3, -0.25) is 0 Å². The van der Waals surface area contributed by atoms with Gasteiger partial charge in [0, 0.05) is 18.4 Å². The number of hydrogen-bond donors (Lipinski definition) is 0. The van der Waals surface area contributed by atoms with E-state index in [-0.39, 0.29) is 10.2 Å². The zero-order valence-corrected chi connectivity index (χ0v) is 18.0. The molecule has 0 spiro atoms. The summed E-state index contributed by atoms with van der Waals surface area (Å²) >= 11 is 0. The SMILES string of the molecule is CC[N+](CC)(Cc1ccccc1)C(C)(Cc1ccccc1)Cc1ccccc1.[F-]. The molecule has 0 aromatic heterocycles. The molecule has 0 bridgehead atoms. The van der Waals surface area contributed by atoms with Gasteiger partial charge in [0.2, 0.25) is 0 Å². The summed E-state index contributed by atoms with van der Waals surface area (Å²) in [4.78, 5) is 0. The average Bonchev–Trinajstić information content (AvgIpc) is 2.74. The highest BCUT2D eigenvalue weighted by molar-refractivity contribution is 5.22. The predicted molar refractivity (Wildman–Crippen MR) is 120 cm³/mol. The molecule has 0 saturated heterocycles. The van der Waals surface area contributed by atoms with E-state index in [1.165, 1.54) is 16.7 Å². The van der Waals surface area contributed by atoms with Crippen LogP contribution < -0.4 is 4.70 Å². The summed E-state index contributed by atoms with van der Waals surface area (Å²) in [5.41, 5.74) is 4.40. The number of quaternary nitrogens is 1. The van der Waals surface area contributed by atoms with Crippen molar-refractivity contribution >= 4 is 0 Å². The van der Waals surface area contributed by atoms with Gasteiger partial charge in [-0.2, -0.15) is 0 Å². The lowest BCUT2D eigenvalue weighted by Crippen LogP contribution is -3.00. The fourth-order valence-corrected chi connectivity index (χ4v) is 4.80. The molecule has 0 heterocycles. The molecule has 154 valence electrons. The topological polar surface area (TPSA) is 0 Å². The molecule has 0 radical (unpaired) electrons. The van der Waals surface area contributed by atoms with Gasteiger partial charge in [0.1, 0.15) is 12.1 Å². The van der Waals surface area contributed by atoms with Crippen molar-refractivity contribution in [2.45, 2.75) is 45.7 Å². The molecule has 0 aliphatic rings. The predicted octanol–water partition coefficient (Wildman–Crippen LogP) is 3.29. The molecule has 0 N–H and O–H groups in total. The van der Waals surface area contributed by atoms with Gasteiger partial charge in [0.25, 0.3) is 0 Å². The molecule has 2 heteroatoms. The monoisotopic (exact) mass is 391 g/mol. The zero-order valence-electron chi connectivity index (χ0n) is 18.0. The molecular weight excluding hydrogens is 357 g/mol. The number of hydrogen-bond acceptors (Lipinski definition) is 0. The fourth-order valence-electron chi connectivity index (χ4n) is 4.80. The highest BCUT2D eigenvalue weighted by Crippen LogP contribution is 2.35. The van der Waals surface area contributed by atoms with E-state index >= 15 is 0 Å². The summed E-state index contributed by atoms with van der Waals surface area (Å²) in [5.74, 6) is 0. The summed E-state index contributed by atoms with van der Waals surface area (Å²) < 4.78 is 1.08. The van der Waals surface area contributed by atoms with Crippen LogP contribution in [0.1, 0.15) is 37.5 Å². The van der Waals surface area contributed by atoms with E-state index in [4.69, 9.17) is 0 Å². The molecule has 0 unspecified atom stereocenters. The van der Waals surface area contributed by atoms with Crippen LogP contribution in [0.5, 0.6) is 0 Å². The minimum Gasteiger partial charge on any atom is -1.00 e. The van der Waals surface area contributed by atoms with E-state index in [1.807, 2.05) is 0 Å². The fraction of sp³-hybridized carbons (Fsp3) is 0.333. The molecule has 0 aliphatic carbocycles. The van der Waals surface area contributed by atoms with Crippen molar-refractivity contribution in [2.24, 2.45) is 0 Å². The first kappa shape index (κ1) is 22.8. The molecule has 29 heavy (non-hydrogen) atoms. The van der Waals surface area contributed by atoms with Gasteiger partial charge >= 0.3 is 0 Å². The van der Waals surface area contributed by atoms with Crippen LogP contribution in [-0.2, 0) is 19.4 Å². The average molecular weight is 392 g/mol. The second-order valence-corrected chi connectivity index (χ2v) is 8.24. The Morgan fingerprint density at radius 2 is 0.931 bits per heavy atom. The van der Waals surface area contributed by atoms with Crippen molar-refractivity contribution in [1.82, 2.24) is 0 Å². The third-order valence-corrected chi connectivity index (χ3v) is 6.54. The van der Waals surface area contributed by atoms with Crippen LogP contribution >= 0.6 is 0 Å². The molecule has 3 aromatic carbocycles. The molecule has 0 saturated carbocycles. The normalized spacial score (nSPS) is 11.7. The third kappa shape index (κ3) is 5.33. The second-order valence-electron chi connectivity index (χ2n) is 8.24. The van der Waals surface area contributed by atoms with E-state index < -0.39 is 0 Å². The van der Waals surface area contributed by atoms with Crippen LogP contribution in [-0.4, -0.2) is 23.1 Å².